The maximum Gasteiger partial charge on any atom is 0.323 e. The number of rotatable bonds is 1. The summed E-state index contributed by atoms with van der Waals surface area (Å²) in [6.07, 6.45) is 7.46. The van der Waals surface area contributed by atoms with Crippen LogP contribution >= 0.6 is 0 Å². The van der Waals surface area contributed by atoms with Crippen LogP contribution in [-0.4, -0.2) is 16.6 Å². The number of carbonyl (C=O) groups is 1. The van der Waals surface area contributed by atoms with E-state index in [1.54, 1.807) is 0 Å². The quantitative estimate of drug-likeness (QED) is 0.673. The van der Waals surface area contributed by atoms with E-state index < -0.39 is 11.5 Å². The number of hydrogen-bond donors (Lipinski definition) is 2. The van der Waals surface area contributed by atoms with Gasteiger partial charge in [0.2, 0.25) is 0 Å². The smallest absolute Gasteiger partial charge is 0.323 e. The monoisotopic (exact) mass is 197 g/mol. The molecule has 0 radical (unpaired) electrons. The number of carboxylic acid groups (broad SMARTS) is 1. The molecule has 3 nitrogen and oxygen atoms in total. The van der Waals surface area contributed by atoms with Crippen molar-refractivity contribution in [3.05, 3.63) is 0 Å². The summed E-state index contributed by atoms with van der Waals surface area (Å²) in [5.41, 5.74) is 4.99. The predicted molar refractivity (Wildman–Crippen MR) is 53.9 cm³/mol. The number of hydrogen-bond acceptors (Lipinski definition) is 2. The normalized spacial score (nSPS) is 42.9. The first-order chi connectivity index (χ1) is 6.62. The molecule has 3 heteroatoms. The molecule has 3 N–H and O–H groups in total. The molecule has 0 aromatic carbocycles. The average molecular weight is 197 g/mol. The second kappa shape index (κ2) is 3.54. The average Bonchev–Trinajstić information content (AvgIpc) is 2.17. The Labute approximate surface area is 84.7 Å². The Morgan fingerprint density at radius 2 is 1.86 bits per heavy atom. The van der Waals surface area contributed by atoms with Crippen LogP contribution in [0.15, 0.2) is 0 Å². The van der Waals surface area contributed by atoms with Crippen molar-refractivity contribution in [1.82, 2.24) is 0 Å². The van der Waals surface area contributed by atoms with Gasteiger partial charge in [-0.25, -0.2) is 0 Å². The third kappa shape index (κ3) is 1.65. The molecule has 80 valence electrons. The standard InChI is InChI=1S/C11H19NO2/c12-11(10(13)14)6-5-8-3-1-2-4-9(8)7-11/h8-9H,1-7,12H2,(H,13,14)/t8-,9-,11+/m0/s1. The summed E-state index contributed by atoms with van der Waals surface area (Å²) < 4.78 is 0. The Morgan fingerprint density at radius 1 is 1.21 bits per heavy atom. The zero-order valence-electron chi connectivity index (χ0n) is 8.54. The van der Waals surface area contributed by atoms with Gasteiger partial charge in [0.15, 0.2) is 0 Å². The molecular formula is C11H19NO2. The number of fused-ring (bicyclic) bond motifs is 1. The highest BCUT2D eigenvalue weighted by Crippen LogP contribution is 2.43. The Morgan fingerprint density at radius 3 is 2.50 bits per heavy atom. The fourth-order valence-electron chi connectivity index (χ4n) is 3.14. The minimum Gasteiger partial charge on any atom is -0.480 e. The van der Waals surface area contributed by atoms with Gasteiger partial charge in [0.1, 0.15) is 5.54 Å². The minimum atomic E-state index is -0.918. The molecule has 2 rings (SSSR count). The Balaban J connectivity index is 2.05. The van der Waals surface area contributed by atoms with Crippen LogP contribution in [0.2, 0.25) is 0 Å². The second-order valence-electron chi connectivity index (χ2n) is 5.01. The highest BCUT2D eigenvalue weighted by Gasteiger charge is 2.43. The van der Waals surface area contributed by atoms with Crippen LogP contribution < -0.4 is 5.73 Å². The van der Waals surface area contributed by atoms with Gasteiger partial charge in [0.25, 0.3) is 0 Å². The molecule has 2 fully saturated rings. The van der Waals surface area contributed by atoms with Gasteiger partial charge in [-0.05, 0) is 31.1 Å². The molecule has 0 amide bonds. The van der Waals surface area contributed by atoms with E-state index in [1.165, 1.54) is 25.7 Å². The van der Waals surface area contributed by atoms with E-state index in [9.17, 15) is 4.79 Å². The largest absolute Gasteiger partial charge is 0.480 e. The number of carboxylic acids is 1. The minimum absolute atomic E-state index is 0.582. The highest BCUT2D eigenvalue weighted by molar-refractivity contribution is 5.78. The van der Waals surface area contributed by atoms with E-state index in [2.05, 4.69) is 0 Å². The third-order valence-corrected chi connectivity index (χ3v) is 4.08. The van der Waals surface area contributed by atoms with Crippen molar-refractivity contribution >= 4 is 5.97 Å². The van der Waals surface area contributed by atoms with Crippen LogP contribution in [0.25, 0.3) is 0 Å². The summed E-state index contributed by atoms with van der Waals surface area (Å²) >= 11 is 0. The fraction of sp³-hybridized carbons (Fsp3) is 0.909. The maximum absolute atomic E-state index is 11.0. The van der Waals surface area contributed by atoms with Crippen molar-refractivity contribution in [2.45, 2.75) is 50.5 Å². The molecule has 0 aromatic rings. The maximum atomic E-state index is 11.0. The number of nitrogens with two attached hydrogens (primary N) is 1. The molecule has 3 atom stereocenters. The van der Waals surface area contributed by atoms with E-state index in [1.807, 2.05) is 0 Å². The molecule has 0 heterocycles. The van der Waals surface area contributed by atoms with Crippen LogP contribution in [0.1, 0.15) is 44.9 Å². The molecular weight excluding hydrogens is 178 g/mol. The Hall–Kier alpha value is -0.570. The third-order valence-electron chi connectivity index (χ3n) is 4.08. The lowest BCUT2D eigenvalue weighted by Gasteiger charge is -2.42. The Kier molecular flexibility index (Phi) is 2.52. The SMILES string of the molecule is N[C@]1(C(=O)O)CC[C@@H]2CCCC[C@H]2C1. The summed E-state index contributed by atoms with van der Waals surface area (Å²) in [5, 5.41) is 9.06. The van der Waals surface area contributed by atoms with Crippen LogP contribution in [0, 0.1) is 11.8 Å². The molecule has 0 unspecified atom stereocenters. The molecule has 2 aliphatic carbocycles. The topological polar surface area (TPSA) is 63.3 Å². The molecule has 2 saturated carbocycles. The lowest BCUT2D eigenvalue weighted by Crippen LogP contribution is -2.53. The van der Waals surface area contributed by atoms with E-state index in [0.29, 0.717) is 18.8 Å². The molecule has 2 aliphatic rings. The first-order valence-electron chi connectivity index (χ1n) is 5.64. The zero-order chi connectivity index (χ0) is 10.2. The van der Waals surface area contributed by atoms with Gasteiger partial charge in [-0.2, -0.15) is 0 Å². The second-order valence-corrected chi connectivity index (χ2v) is 5.01. The summed E-state index contributed by atoms with van der Waals surface area (Å²) in [7, 11) is 0. The molecule has 14 heavy (non-hydrogen) atoms. The molecule has 0 saturated heterocycles. The van der Waals surface area contributed by atoms with Crippen molar-refractivity contribution in [2.24, 2.45) is 17.6 Å². The van der Waals surface area contributed by atoms with Crippen LogP contribution in [0.4, 0.5) is 0 Å². The molecule has 0 bridgehead atoms. The first-order valence-corrected chi connectivity index (χ1v) is 5.64. The van der Waals surface area contributed by atoms with Crippen molar-refractivity contribution in [1.29, 1.82) is 0 Å². The van der Waals surface area contributed by atoms with E-state index in [0.717, 1.165) is 12.3 Å². The van der Waals surface area contributed by atoms with Gasteiger partial charge in [-0.1, -0.05) is 25.7 Å². The van der Waals surface area contributed by atoms with Gasteiger partial charge >= 0.3 is 5.97 Å². The van der Waals surface area contributed by atoms with E-state index in [-0.39, 0.29) is 0 Å². The van der Waals surface area contributed by atoms with Crippen molar-refractivity contribution in [3.8, 4) is 0 Å². The fourth-order valence-corrected chi connectivity index (χ4v) is 3.14. The summed E-state index contributed by atoms with van der Waals surface area (Å²) in [5.74, 6) is 0.542. The van der Waals surface area contributed by atoms with Crippen LogP contribution in [0.3, 0.4) is 0 Å². The van der Waals surface area contributed by atoms with Crippen LogP contribution in [-0.2, 0) is 4.79 Å². The van der Waals surface area contributed by atoms with Crippen molar-refractivity contribution in [3.63, 3.8) is 0 Å². The van der Waals surface area contributed by atoms with Crippen molar-refractivity contribution < 1.29 is 9.90 Å². The van der Waals surface area contributed by atoms with Gasteiger partial charge < -0.3 is 10.8 Å². The van der Waals surface area contributed by atoms with Gasteiger partial charge in [0, 0.05) is 0 Å². The molecule has 0 aromatic heterocycles. The summed E-state index contributed by atoms with van der Waals surface area (Å²) in [4.78, 5) is 11.0. The van der Waals surface area contributed by atoms with Gasteiger partial charge in [-0.3, -0.25) is 4.79 Å². The van der Waals surface area contributed by atoms with Gasteiger partial charge in [0.05, 0.1) is 0 Å². The molecule has 0 spiro atoms. The van der Waals surface area contributed by atoms with E-state index >= 15 is 0 Å². The highest BCUT2D eigenvalue weighted by atomic mass is 16.4. The molecule has 0 aliphatic heterocycles. The zero-order valence-corrected chi connectivity index (χ0v) is 8.54. The first kappa shape index (κ1) is 9.97. The number of aliphatic carboxylic acids is 1. The van der Waals surface area contributed by atoms with Crippen molar-refractivity contribution in [2.75, 3.05) is 0 Å². The lowest BCUT2D eigenvalue weighted by atomic mass is 9.65. The summed E-state index contributed by atoms with van der Waals surface area (Å²) in [6.45, 7) is 0. The predicted octanol–water partition coefficient (Wildman–Crippen LogP) is 1.76. The lowest BCUT2D eigenvalue weighted by molar-refractivity contribution is -0.146. The van der Waals surface area contributed by atoms with Crippen LogP contribution in [0.5, 0.6) is 0 Å². The Bertz CT molecular complexity index is 241. The van der Waals surface area contributed by atoms with E-state index in [4.69, 9.17) is 10.8 Å². The summed E-state index contributed by atoms with van der Waals surface area (Å²) in [6, 6.07) is 0. The van der Waals surface area contributed by atoms with Gasteiger partial charge in [-0.15, -0.1) is 0 Å².